The number of rotatable bonds is 5. The molecule has 0 saturated heterocycles. The maximum absolute atomic E-state index is 4.90. The Bertz CT molecular complexity index is 2860. The van der Waals surface area contributed by atoms with Crippen molar-refractivity contribution in [2.45, 2.75) is 0 Å². The highest BCUT2D eigenvalue weighted by molar-refractivity contribution is 7.21. The zero-order chi connectivity index (χ0) is 33.7. The van der Waals surface area contributed by atoms with Crippen LogP contribution in [0.5, 0.6) is 0 Å². The Balaban J connectivity index is 0.992. The maximum atomic E-state index is 4.90. The Morgan fingerprint density at radius 3 is 1.14 bits per heavy atom. The minimum atomic E-state index is 1.05. The Morgan fingerprint density at radius 1 is 0.275 bits per heavy atom. The molecule has 1 heterocycles. The first-order chi connectivity index (χ1) is 25.2. The molecular formula is C49H31NS. The quantitative estimate of drug-likeness (QED) is 0.167. The molecule has 0 unspecified atom stereocenters. The van der Waals surface area contributed by atoms with Crippen LogP contribution in [-0.2, 0) is 0 Å². The van der Waals surface area contributed by atoms with Crippen LogP contribution in [-0.4, -0.2) is 4.98 Å². The molecule has 0 spiro atoms. The Kier molecular flexibility index (Phi) is 7.07. The second-order valence-corrected chi connectivity index (χ2v) is 14.2. The first-order valence-corrected chi connectivity index (χ1v) is 18.2. The summed E-state index contributed by atoms with van der Waals surface area (Å²) in [5, 5.41) is 8.83. The topological polar surface area (TPSA) is 12.9 Å². The first kappa shape index (κ1) is 29.6. The van der Waals surface area contributed by atoms with Crippen molar-refractivity contribution in [1.29, 1.82) is 0 Å². The molecule has 0 saturated carbocycles. The molecule has 0 atom stereocenters. The summed E-state index contributed by atoms with van der Waals surface area (Å²) in [5.74, 6) is 0. The van der Waals surface area contributed by atoms with Crippen LogP contribution in [0, 0.1) is 0 Å². The molecule has 0 aliphatic heterocycles. The zero-order valence-corrected chi connectivity index (χ0v) is 28.6. The van der Waals surface area contributed by atoms with Crippen LogP contribution in [0.25, 0.3) is 97.6 Å². The smallest absolute Gasteiger partial charge is 0.124 e. The van der Waals surface area contributed by atoms with Crippen molar-refractivity contribution in [3.63, 3.8) is 0 Å². The summed E-state index contributed by atoms with van der Waals surface area (Å²) in [4.78, 5) is 4.90. The molecular weight excluding hydrogens is 635 g/mol. The van der Waals surface area contributed by atoms with Crippen molar-refractivity contribution in [3.8, 4) is 55.1 Å². The molecule has 0 amide bonds. The number of hydrogen-bond acceptors (Lipinski definition) is 2. The third kappa shape index (κ3) is 5.29. The van der Waals surface area contributed by atoms with Gasteiger partial charge < -0.3 is 0 Å². The lowest BCUT2D eigenvalue weighted by Crippen LogP contribution is -1.86. The summed E-state index contributed by atoms with van der Waals surface area (Å²) in [5.41, 5.74) is 11.8. The maximum Gasteiger partial charge on any atom is 0.124 e. The van der Waals surface area contributed by atoms with E-state index in [0.717, 1.165) is 16.1 Å². The molecule has 0 N–H and O–H groups in total. The SMILES string of the molecule is c1cc(-c2cccc(-c3cccc(-c4nc5ccccc5s4)c3)c2)cc(-c2cccc(-c3ccc4c5ccccc5c5ccccc5c4c3)c2)c1. The molecule has 2 heteroatoms. The molecule has 10 rings (SSSR count). The van der Waals surface area contributed by atoms with Gasteiger partial charge in [0.05, 0.1) is 10.2 Å². The fourth-order valence-corrected chi connectivity index (χ4v) is 8.51. The first-order valence-electron chi connectivity index (χ1n) is 17.4. The fraction of sp³-hybridized carbons (Fsp3) is 0. The predicted molar refractivity (Wildman–Crippen MR) is 219 cm³/mol. The van der Waals surface area contributed by atoms with Gasteiger partial charge in [-0.05, 0) is 119 Å². The summed E-state index contributed by atoms with van der Waals surface area (Å²) in [6.07, 6.45) is 0. The number of thiazole rings is 1. The lowest BCUT2D eigenvalue weighted by molar-refractivity contribution is 1.47. The van der Waals surface area contributed by atoms with Gasteiger partial charge in [0.2, 0.25) is 0 Å². The van der Waals surface area contributed by atoms with Gasteiger partial charge in [-0.2, -0.15) is 0 Å². The molecule has 0 aliphatic carbocycles. The van der Waals surface area contributed by atoms with E-state index in [1.54, 1.807) is 11.3 Å². The monoisotopic (exact) mass is 665 g/mol. The van der Waals surface area contributed by atoms with Crippen LogP contribution in [0.4, 0.5) is 0 Å². The summed E-state index contributed by atoms with van der Waals surface area (Å²) >= 11 is 1.74. The summed E-state index contributed by atoms with van der Waals surface area (Å²) in [7, 11) is 0. The van der Waals surface area contributed by atoms with Gasteiger partial charge in [0.25, 0.3) is 0 Å². The number of hydrogen-bond donors (Lipinski definition) is 0. The molecule has 1 nitrogen and oxygen atoms in total. The van der Waals surface area contributed by atoms with Crippen LogP contribution in [0.2, 0.25) is 0 Å². The van der Waals surface area contributed by atoms with Crippen molar-refractivity contribution >= 4 is 53.9 Å². The van der Waals surface area contributed by atoms with Crippen LogP contribution in [0.15, 0.2) is 188 Å². The van der Waals surface area contributed by atoms with Gasteiger partial charge >= 0.3 is 0 Å². The minimum Gasteiger partial charge on any atom is -0.236 e. The molecule has 10 aromatic rings. The van der Waals surface area contributed by atoms with Crippen LogP contribution >= 0.6 is 11.3 Å². The van der Waals surface area contributed by atoms with Gasteiger partial charge in [0, 0.05) is 5.56 Å². The molecule has 51 heavy (non-hydrogen) atoms. The van der Waals surface area contributed by atoms with Gasteiger partial charge in [-0.15, -0.1) is 11.3 Å². The Morgan fingerprint density at radius 2 is 0.647 bits per heavy atom. The van der Waals surface area contributed by atoms with Gasteiger partial charge in [0.1, 0.15) is 5.01 Å². The van der Waals surface area contributed by atoms with Crippen LogP contribution in [0.1, 0.15) is 0 Å². The number of para-hydroxylation sites is 1. The molecule has 1 aromatic heterocycles. The summed E-state index contributed by atoms with van der Waals surface area (Å²) < 4.78 is 1.21. The fourth-order valence-electron chi connectivity index (χ4n) is 7.55. The zero-order valence-electron chi connectivity index (χ0n) is 27.8. The van der Waals surface area contributed by atoms with Crippen LogP contribution in [0.3, 0.4) is 0 Å². The highest BCUT2D eigenvalue weighted by atomic mass is 32.1. The molecule has 0 bridgehead atoms. The van der Waals surface area contributed by atoms with Gasteiger partial charge in [0.15, 0.2) is 0 Å². The van der Waals surface area contributed by atoms with Crippen LogP contribution < -0.4 is 0 Å². The molecule has 9 aromatic carbocycles. The minimum absolute atomic E-state index is 1.05. The predicted octanol–water partition coefficient (Wildman–Crippen LogP) is 14.1. The highest BCUT2D eigenvalue weighted by Gasteiger charge is 2.12. The van der Waals surface area contributed by atoms with Gasteiger partial charge in [-0.1, -0.05) is 146 Å². The number of aromatic nitrogens is 1. The Hall–Kier alpha value is -6.35. The van der Waals surface area contributed by atoms with E-state index in [4.69, 9.17) is 4.98 Å². The average Bonchev–Trinajstić information content (AvgIpc) is 3.66. The van der Waals surface area contributed by atoms with Crippen molar-refractivity contribution in [3.05, 3.63) is 188 Å². The van der Waals surface area contributed by atoms with Gasteiger partial charge in [-0.25, -0.2) is 4.98 Å². The number of fused-ring (bicyclic) bond motifs is 7. The third-order valence-electron chi connectivity index (χ3n) is 10.1. The Labute approximate surface area is 300 Å². The van der Waals surface area contributed by atoms with Crippen molar-refractivity contribution in [2.75, 3.05) is 0 Å². The lowest BCUT2D eigenvalue weighted by atomic mass is 9.91. The van der Waals surface area contributed by atoms with Crippen molar-refractivity contribution in [1.82, 2.24) is 4.98 Å². The van der Waals surface area contributed by atoms with E-state index in [9.17, 15) is 0 Å². The molecule has 0 fully saturated rings. The third-order valence-corrected chi connectivity index (χ3v) is 11.2. The molecule has 0 aliphatic rings. The largest absolute Gasteiger partial charge is 0.236 e. The second kappa shape index (κ2) is 12.2. The van der Waals surface area contributed by atoms with E-state index in [-0.39, 0.29) is 0 Å². The van der Waals surface area contributed by atoms with E-state index < -0.39 is 0 Å². The summed E-state index contributed by atoms with van der Waals surface area (Å²) in [6, 6.07) is 68.3. The standard InChI is InChI=1S/C49H31NS/c1-2-21-43-41(19-1)42-20-3-4-22-44(42)46-31-39(25-26-45(43)46)37-16-9-14-35(29-37)33-12-7-11-32(27-33)34-13-8-15-36(28-34)38-17-10-18-40(30-38)49-50-47-23-5-6-24-48(47)51-49/h1-31H. The molecule has 0 radical (unpaired) electrons. The normalized spacial score (nSPS) is 11.5. The van der Waals surface area contributed by atoms with Crippen molar-refractivity contribution < 1.29 is 0 Å². The second-order valence-electron chi connectivity index (χ2n) is 13.2. The van der Waals surface area contributed by atoms with E-state index in [2.05, 4.69) is 182 Å². The molecule has 238 valence electrons. The van der Waals surface area contributed by atoms with Gasteiger partial charge in [-0.3, -0.25) is 0 Å². The van der Waals surface area contributed by atoms with E-state index in [0.29, 0.717) is 0 Å². The van der Waals surface area contributed by atoms with E-state index in [1.165, 1.54) is 81.5 Å². The number of nitrogens with zero attached hydrogens (tertiary/aromatic N) is 1. The number of benzene rings is 9. The van der Waals surface area contributed by atoms with E-state index in [1.807, 2.05) is 6.07 Å². The summed E-state index contributed by atoms with van der Waals surface area (Å²) in [6.45, 7) is 0. The average molecular weight is 666 g/mol. The lowest BCUT2D eigenvalue weighted by Gasteiger charge is -2.13. The van der Waals surface area contributed by atoms with Crippen molar-refractivity contribution in [2.24, 2.45) is 0 Å². The van der Waals surface area contributed by atoms with E-state index >= 15 is 0 Å². The highest BCUT2D eigenvalue weighted by Crippen LogP contribution is 2.38.